The van der Waals surface area contributed by atoms with E-state index in [0.717, 1.165) is 12.3 Å². The second kappa shape index (κ2) is 4.50. The van der Waals surface area contributed by atoms with Crippen molar-refractivity contribution in [2.75, 3.05) is 5.32 Å². The Balaban J connectivity index is 2.66. The molecule has 80 valence electrons. The number of hydrogen-bond donors (Lipinski definition) is 2. The predicted molar refractivity (Wildman–Crippen MR) is 49.6 cm³/mol. The van der Waals surface area contributed by atoms with Crippen LogP contribution in [0, 0.1) is 11.9 Å². The third-order valence-corrected chi connectivity index (χ3v) is 1.76. The number of halogens is 1. The van der Waals surface area contributed by atoms with Gasteiger partial charge in [-0.3, -0.25) is 9.59 Å². The zero-order valence-corrected chi connectivity index (χ0v) is 7.90. The Morgan fingerprint density at radius 2 is 2.20 bits per heavy atom. The highest BCUT2D eigenvalue weighted by Gasteiger charge is 2.20. The van der Waals surface area contributed by atoms with Crippen LogP contribution < -0.4 is 5.32 Å². The first-order valence-corrected chi connectivity index (χ1v) is 4.16. The van der Waals surface area contributed by atoms with Crippen molar-refractivity contribution in [2.45, 2.75) is 6.92 Å². The van der Waals surface area contributed by atoms with Crippen LogP contribution >= 0.6 is 0 Å². The van der Waals surface area contributed by atoms with Crippen molar-refractivity contribution >= 4 is 17.6 Å². The smallest absolute Gasteiger partial charge is 0.315 e. The molecule has 1 aromatic rings. The summed E-state index contributed by atoms with van der Waals surface area (Å²) in [5, 5.41) is 10.8. The molecular formula is C9H9FN2O3. The van der Waals surface area contributed by atoms with E-state index in [9.17, 15) is 14.0 Å². The van der Waals surface area contributed by atoms with E-state index in [1.165, 1.54) is 13.0 Å². The second-order valence-electron chi connectivity index (χ2n) is 2.92. The fourth-order valence-electron chi connectivity index (χ4n) is 0.812. The van der Waals surface area contributed by atoms with Gasteiger partial charge in [0.05, 0.1) is 11.9 Å². The largest absolute Gasteiger partial charge is 0.481 e. The number of aliphatic carboxylic acids is 1. The fourth-order valence-corrected chi connectivity index (χ4v) is 0.812. The van der Waals surface area contributed by atoms with Gasteiger partial charge in [-0.15, -0.1) is 0 Å². The predicted octanol–water partition coefficient (Wildman–Crippen LogP) is 0.880. The van der Waals surface area contributed by atoms with Crippen molar-refractivity contribution in [1.29, 1.82) is 0 Å². The minimum atomic E-state index is -1.22. The van der Waals surface area contributed by atoms with Gasteiger partial charge in [-0.1, -0.05) is 0 Å². The summed E-state index contributed by atoms with van der Waals surface area (Å²) in [6.07, 6.45) is 1.11. The molecule has 6 heteroatoms. The molecule has 2 N–H and O–H groups in total. The molecule has 1 amide bonds. The number of carboxylic acid groups (broad SMARTS) is 1. The quantitative estimate of drug-likeness (QED) is 0.575. The molecule has 1 unspecified atom stereocenters. The topological polar surface area (TPSA) is 79.3 Å². The van der Waals surface area contributed by atoms with E-state index < -0.39 is 23.7 Å². The zero-order valence-electron chi connectivity index (χ0n) is 7.90. The van der Waals surface area contributed by atoms with E-state index >= 15 is 0 Å². The third-order valence-electron chi connectivity index (χ3n) is 1.76. The normalized spacial score (nSPS) is 11.9. The number of aromatic nitrogens is 1. The molecule has 0 spiro atoms. The molecule has 1 heterocycles. The van der Waals surface area contributed by atoms with Crippen molar-refractivity contribution in [3.8, 4) is 0 Å². The monoisotopic (exact) mass is 212 g/mol. The van der Waals surface area contributed by atoms with Gasteiger partial charge in [0.2, 0.25) is 11.9 Å². The molecule has 0 aliphatic rings. The number of amides is 1. The number of anilines is 1. The van der Waals surface area contributed by atoms with Crippen molar-refractivity contribution in [1.82, 2.24) is 4.98 Å². The van der Waals surface area contributed by atoms with Crippen LogP contribution in [0.4, 0.5) is 10.1 Å². The SMILES string of the molecule is CC(C(=O)O)C(=O)Nc1ccc(F)nc1. The molecular weight excluding hydrogens is 203 g/mol. The van der Waals surface area contributed by atoms with Gasteiger partial charge in [0, 0.05) is 0 Å². The lowest BCUT2D eigenvalue weighted by Crippen LogP contribution is -2.26. The number of nitrogens with one attached hydrogen (secondary N) is 1. The zero-order chi connectivity index (χ0) is 11.4. The Hall–Kier alpha value is -1.98. The van der Waals surface area contributed by atoms with Crippen LogP contribution in [0.5, 0.6) is 0 Å². The van der Waals surface area contributed by atoms with Crippen LogP contribution in [-0.4, -0.2) is 22.0 Å². The van der Waals surface area contributed by atoms with Gasteiger partial charge < -0.3 is 10.4 Å². The van der Waals surface area contributed by atoms with Crippen LogP contribution in [-0.2, 0) is 9.59 Å². The summed E-state index contributed by atoms with van der Waals surface area (Å²) in [5.41, 5.74) is 0.259. The van der Waals surface area contributed by atoms with Gasteiger partial charge in [-0.2, -0.15) is 4.39 Å². The summed E-state index contributed by atoms with van der Waals surface area (Å²) in [6, 6.07) is 2.37. The van der Waals surface area contributed by atoms with Crippen LogP contribution in [0.3, 0.4) is 0 Å². The molecule has 5 nitrogen and oxygen atoms in total. The summed E-state index contributed by atoms with van der Waals surface area (Å²) < 4.78 is 12.4. The Kier molecular flexibility index (Phi) is 3.33. The van der Waals surface area contributed by atoms with E-state index in [0.29, 0.717) is 0 Å². The molecule has 15 heavy (non-hydrogen) atoms. The van der Waals surface area contributed by atoms with Gasteiger partial charge in [-0.25, -0.2) is 4.98 Å². The number of rotatable bonds is 3. The minimum absolute atomic E-state index is 0.259. The van der Waals surface area contributed by atoms with Gasteiger partial charge in [0.1, 0.15) is 5.92 Å². The average molecular weight is 212 g/mol. The lowest BCUT2D eigenvalue weighted by atomic mass is 10.1. The minimum Gasteiger partial charge on any atom is -0.481 e. The summed E-state index contributed by atoms with van der Waals surface area (Å²) >= 11 is 0. The third kappa shape index (κ3) is 3.01. The number of pyridine rings is 1. The molecule has 0 saturated heterocycles. The van der Waals surface area contributed by atoms with Crippen molar-refractivity contribution in [3.05, 3.63) is 24.3 Å². The maximum atomic E-state index is 12.4. The van der Waals surface area contributed by atoms with Gasteiger partial charge in [-0.05, 0) is 19.1 Å². The highest BCUT2D eigenvalue weighted by atomic mass is 19.1. The lowest BCUT2D eigenvalue weighted by molar-refractivity contribution is -0.144. The Morgan fingerprint density at radius 1 is 1.53 bits per heavy atom. The maximum absolute atomic E-state index is 12.4. The summed E-state index contributed by atoms with van der Waals surface area (Å²) in [7, 11) is 0. The highest BCUT2D eigenvalue weighted by Crippen LogP contribution is 2.07. The molecule has 1 atom stereocenters. The molecule has 1 rings (SSSR count). The Morgan fingerprint density at radius 3 is 2.67 bits per heavy atom. The summed E-state index contributed by atoms with van der Waals surface area (Å²) in [4.78, 5) is 25.0. The van der Waals surface area contributed by atoms with Gasteiger partial charge in [0.25, 0.3) is 0 Å². The first kappa shape index (κ1) is 11.1. The molecule has 0 aromatic carbocycles. The van der Waals surface area contributed by atoms with Crippen molar-refractivity contribution < 1.29 is 19.1 Å². The van der Waals surface area contributed by atoms with Crippen LogP contribution in [0.2, 0.25) is 0 Å². The van der Waals surface area contributed by atoms with E-state index in [1.54, 1.807) is 0 Å². The molecule has 0 saturated carbocycles. The maximum Gasteiger partial charge on any atom is 0.315 e. The van der Waals surface area contributed by atoms with Gasteiger partial charge >= 0.3 is 5.97 Å². The average Bonchev–Trinajstić information content (AvgIpc) is 2.20. The molecule has 0 bridgehead atoms. The van der Waals surface area contributed by atoms with Crippen LogP contribution in [0.25, 0.3) is 0 Å². The van der Waals surface area contributed by atoms with E-state index in [1.807, 2.05) is 0 Å². The highest BCUT2D eigenvalue weighted by molar-refractivity contribution is 6.03. The second-order valence-corrected chi connectivity index (χ2v) is 2.92. The summed E-state index contributed by atoms with van der Waals surface area (Å²) in [5.74, 6) is -3.71. The molecule has 0 radical (unpaired) electrons. The number of carbonyl (C=O) groups excluding carboxylic acids is 1. The first-order chi connectivity index (χ1) is 7.00. The number of nitrogens with zero attached hydrogens (tertiary/aromatic N) is 1. The van der Waals surface area contributed by atoms with E-state index in [-0.39, 0.29) is 5.69 Å². The van der Waals surface area contributed by atoms with Crippen molar-refractivity contribution in [3.63, 3.8) is 0 Å². The first-order valence-electron chi connectivity index (χ1n) is 4.16. The van der Waals surface area contributed by atoms with Crippen molar-refractivity contribution in [2.24, 2.45) is 5.92 Å². The molecule has 0 fully saturated rings. The van der Waals surface area contributed by atoms with Crippen LogP contribution in [0.1, 0.15) is 6.92 Å². The molecule has 0 aliphatic carbocycles. The standard InChI is InChI=1S/C9H9FN2O3/c1-5(9(14)15)8(13)12-6-2-3-7(10)11-4-6/h2-5H,1H3,(H,12,13)(H,14,15). The molecule has 1 aromatic heterocycles. The fraction of sp³-hybridized carbons (Fsp3) is 0.222. The summed E-state index contributed by atoms with van der Waals surface area (Å²) in [6.45, 7) is 1.26. The number of carboxylic acids is 1. The van der Waals surface area contributed by atoms with Gasteiger partial charge in [0.15, 0.2) is 0 Å². The number of hydrogen-bond acceptors (Lipinski definition) is 3. The Bertz CT molecular complexity index is 377. The lowest BCUT2D eigenvalue weighted by Gasteiger charge is -2.07. The Labute approximate surface area is 84.9 Å². The van der Waals surface area contributed by atoms with E-state index in [2.05, 4.69) is 10.3 Å². The van der Waals surface area contributed by atoms with Crippen LogP contribution in [0.15, 0.2) is 18.3 Å². The molecule has 0 aliphatic heterocycles. The number of carbonyl (C=O) groups is 2. The van der Waals surface area contributed by atoms with E-state index in [4.69, 9.17) is 5.11 Å².